The molecule has 0 bridgehead atoms. The number of methoxy groups -OCH3 is 2. The molecule has 34 heavy (non-hydrogen) atoms. The van der Waals surface area contributed by atoms with Crippen LogP contribution in [0.1, 0.15) is 31.5 Å². The van der Waals surface area contributed by atoms with Gasteiger partial charge in [-0.25, -0.2) is 9.98 Å². The van der Waals surface area contributed by atoms with Gasteiger partial charge in [0.15, 0.2) is 11.5 Å². The van der Waals surface area contributed by atoms with Gasteiger partial charge < -0.3 is 20.5 Å². The zero-order chi connectivity index (χ0) is 24.5. The molecule has 2 unspecified atom stereocenters. The molecule has 8 heteroatoms. The summed E-state index contributed by atoms with van der Waals surface area (Å²) in [6, 6.07) is 11.8. The summed E-state index contributed by atoms with van der Waals surface area (Å²) in [7, 11) is 4.85. The van der Waals surface area contributed by atoms with E-state index in [-0.39, 0.29) is 5.96 Å². The van der Waals surface area contributed by atoms with Crippen molar-refractivity contribution in [2.75, 3.05) is 21.3 Å². The van der Waals surface area contributed by atoms with E-state index in [1.54, 1.807) is 21.3 Å². The molecule has 0 radical (unpaired) electrons. The van der Waals surface area contributed by atoms with Gasteiger partial charge in [0.1, 0.15) is 11.7 Å². The van der Waals surface area contributed by atoms with Crippen LogP contribution in [-0.2, 0) is 12.8 Å². The van der Waals surface area contributed by atoms with Crippen molar-refractivity contribution in [1.29, 1.82) is 0 Å². The predicted molar refractivity (Wildman–Crippen MR) is 138 cm³/mol. The van der Waals surface area contributed by atoms with Crippen molar-refractivity contribution < 1.29 is 9.47 Å². The summed E-state index contributed by atoms with van der Waals surface area (Å²) in [6.07, 6.45) is 6.41. The zero-order valence-electron chi connectivity index (χ0n) is 20.6. The highest BCUT2D eigenvalue weighted by Gasteiger charge is 2.23. The first-order valence-electron chi connectivity index (χ1n) is 11.4. The van der Waals surface area contributed by atoms with Gasteiger partial charge >= 0.3 is 0 Å². The normalized spacial score (nSPS) is 18.7. The van der Waals surface area contributed by atoms with Crippen molar-refractivity contribution in [3.8, 4) is 11.5 Å². The number of benzene rings is 1. The van der Waals surface area contributed by atoms with Crippen LogP contribution < -0.4 is 20.5 Å². The van der Waals surface area contributed by atoms with Crippen molar-refractivity contribution >= 4 is 17.5 Å². The number of rotatable bonds is 8. The Morgan fingerprint density at radius 3 is 2.62 bits per heavy atom. The van der Waals surface area contributed by atoms with Gasteiger partial charge in [-0.1, -0.05) is 19.1 Å². The summed E-state index contributed by atoms with van der Waals surface area (Å²) >= 11 is 0. The van der Waals surface area contributed by atoms with Crippen LogP contribution in [0.3, 0.4) is 0 Å². The number of nitrogens with two attached hydrogens (primary N) is 1. The number of hydrogen-bond donors (Lipinski definition) is 2. The van der Waals surface area contributed by atoms with Gasteiger partial charge in [0.25, 0.3) is 0 Å². The lowest BCUT2D eigenvalue weighted by Gasteiger charge is -2.26. The number of guanidine groups is 1. The van der Waals surface area contributed by atoms with Gasteiger partial charge in [-0.2, -0.15) is 0 Å². The molecule has 2 aromatic rings. The Kier molecular flexibility index (Phi) is 8.79. The molecular weight excluding hydrogens is 428 g/mol. The molecule has 2 atom stereocenters. The Hall–Kier alpha value is -3.68. The molecule has 1 aliphatic heterocycles. The molecule has 8 nitrogen and oxygen atoms in total. The minimum Gasteiger partial charge on any atom is -0.493 e. The number of pyridine rings is 1. The summed E-state index contributed by atoms with van der Waals surface area (Å²) in [5, 5.41) is 3.39. The van der Waals surface area contributed by atoms with Gasteiger partial charge in [-0.15, -0.1) is 0 Å². The molecule has 0 saturated heterocycles. The smallest absolute Gasteiger partial charge is 0.216 e. The molecule has 3 N–H and O–H groups in total. The largest absolute Gasteiger partial charge is 0.493 e. The third-order valence-corrected chi connectivity index (χ3v) is 6.00. The SMILES string of the molecule is CN=C(N)N=C(Cc1ccc(OC)c(OC)c1)NC1=CC(CCc2ccccn2)C(C)C(C)=N1. The quantitative estimate of drug-likeness (QED) is 0.459. The van der Waals surface area contributed by atoms with Gasteiger partial charge in [-0.3, -0.25) is 9.98 Å². The monoisotopic (exact) mass is 462 g/mol. The number of allylic oxidation sites excluding steroid dienone is 1. The Morgan fingerprint density at radius 1 is 1.15 bits per heavy atom. The van der Waals surface area contributed by atoms with Crippen molar-refractivity contribution in [3.63, 3.8) is 0 Å². The number of aliphatic imine (C=N–C) groups is 3. The summed E-state index contributed by atoms with van der Waals surface area (Å²) < 4.78 is 10.8. The summed E-state index contributed by atoms with van der Waals surface area (Å²) in [4.78, 5) is 17.7. The number of aromatic nitrogens is 1. The first-order chi connectivity index (χ1) is 16.4. The van der Waals surface area contributed by atoms with E-state index in [1.807, 2.05) is 36.5 Å². The maximum absolute atomic E-state index is 5.94. The molecule has 0 saturated carbocycles. The maximum Gasteiger partial charge on any atom is 0.216 e. The van der Waals surface area contributed by atoms with E-state index in [0.717, 1.165) is 35.6 Å². The van der Waals surface area contributed by atoms with E-state index in [9.17, 15) is 0 Å². The fourth-order valence-corrected chi connectivity index (χ4v) is 3.88. The lowest BCUT2D eigenvalue weighted by molar-refractivity contribution is 0.354. The average molecular weight is 463 g/mol. The number of nitrogens with zero attached hydrogens (tertiary/aromatic N) is 4. The van der Waals surface area contributed by atoms with Crippen LogP contribution in [0.25, 0.3) is 0 Å². The Morgan fingerprint density at radius 2 is 1.94 bits per heavy atom. The van der Waals surface area contributed by atoms with Crippen LogP contribution in [0, 0.1) is 11.8 Å². The van der Waals surface area contributed by atoms with Crippen molar-refractivity contribution in [1.82, 2.24) is 10.3 Å². The van der Waals surface area contributed by atoms with E-state index in [1.165, 1.54) is 0 Å². The minimum absolute atomic E-state index is 0.195. The fraction of sp³-hybridized carbons (Fsp3) is 0.385. The van der Waals surface area contributed by atoms with Gasteiger partial charge in [0.05, 0.1) is 14.2 Å². The first kappa shape index (κ1) is 25.0. The highest BCUT2D eigenvalue weighted by atomic mass is 16.5. The predicted octanol–water partition coefficient (Wildman–Crippen LogP) is 3.77. The molecule has 180 valence electrons. The van der Waals surface area contributed by atoms with Crippen LogP contribution in [-0.4, -0.2) is 43.8 Å². The molecule has 0 spiro atoms. The van der Waals surface area contributed by atoms with E-state index < -0.39 is 0 Å². The standard InChI is InChI=1S/C26H34N6O2/c1-17-18(2)30-25(16-20(17)10-11-21-8-6-7-13-29-21)31-24(32-26(27)28-3)15-19-9-12-22(33-4)23(14-19)34-5/h6-9,12-14,16-17,20H,10-11,15H2,1-5H3,(H3,27,28,31,32). The van der Waals surface area contributed by atoms with E-state index in [0.29, 0.717) is 35.6 Å². The second-order valence-corrected chi connectivity index (χ2v) is 8.25. The molecule has 3 rings (SSSR count). The molecule has 1 aliphatic rings. The molecule has 0 fully saturated rings. The van der Waals surface area contributed by atoms with E-state index in [2.05, 4.69) is 46.3 Å². The molecule has 1 aromatic carbocycles. The number of ether oxygens (including phenoxy) is 2. The molecule has 0 amide bonds. The van der Waals surface area contributed by atoms with E-state index in [4.69, 9.17) is 20.2 Å². The lowest BCUT2D eigenvalue weighted by atomic mass is 9.84. The average Bonchev–Trinajstić information content (AvgIpc) is 2.85. The third-order valence-electron chi connectivity index (χ3n) is 6.00. The number of hydrogen-bond acceptors (Lipinski definition) is 5. The Labute approximate surface area is 201 Å². The maximum atomic E-state index is 5.94. The van der Waals surface area contributed by atoms with Gasteiger partial charge in [-0.05, 0) is 61.6 Å². The Balaban J connectivity index is 1.81. The van der Waals surface area contributed by atoms with Crippen LogP contribution in [0.5, 0.6) is 11.5 Å². The summed E-state index contributed by atoms with van der Waals surface area (Å²) in [6.45, 7) is 4.29. The van der Waals surface area contributed by atoms with Crippen LogP contribution in [0.4, 0.5) is 0 Å². The van der Waals surface area contributed by atoms with Crippen molar-refractivity contribution in [2.24, 2.45) is 32.5 Å². The summed E-state index contributed by atoms with van der Waals surface area (Å²) in [5.41, 5.74) is 9.11. The first-order valence-corrected chi connectivity index (χ1v) is 11.4. The van der Waals surface area contributed by atoms with Crippen LogP contribution in [0.2, 0.25) is 0 Å². The highest BCUT2D eigenvalue weighted by Crippen LogP contribution is 2.29. The Bertz CT molecular complexity index is 1090. The van der Waals surface area contributed by atoms with Crippen molar-refractivity contribution in [3.05, 3.63) is 65.7 Å². The zero-order valence-corrected chi connectivity index (χ0v) is 20.6. The number of amidine groups is 1. The highest BCUT2D eigenvalue weighted by molar-refractivity contribution is 5.97. The van der Waals surface area contributed by atoms with Gasteiger partial charge in [0.2, 0.25) is 5.96 Å². The molecule has 2 heterocycles. The van der Waals surface area contributed by atoms with Crippen LogP contribution in [0.15, 0.2) is 69.5 Å². The second-order valence-electron chi connectivity index (χ2n) is 8.25. The number of nitrogens with one attached hydrogen (secondary N) is 1. The van der Waals surface area contributed by atoms with Gasteiger partial charge in [0, 0.05) is 37.0 Å². The molecule has 0 aliphatic carbocycles. The molecule has 1 aromatic heterocycles. The minimum atomic E-state index is 0.195. The lowest BCUT2D eigenvalue weighted by Crippen LogP contribution is -2.31. The second kappa shape index (κ2) is 12.0. The third kappa shape index (κ3) is 6.66. The van der Waals surface area contributed by atoms with E-state index >= 15 is 0 Å². The van der Waals surface area contributed by atoms with Crippen molar-refractivity contribution in [2.45, 2.75) is 33.1 Å². The fourth-order valence-electron chi connectivity index (χ4n) is 3.88. The molecular formula is C26H34N6O2. The topological polar surface area (TPSA) is 106 Å². The number of aryl methyl sites for hydroxylation is 1. The summed E-state index contributed by atoms with van der Waals surface area (Å²) in [5.74, 6) is 3.63. The van der Waals surface area contributed by atoms with Crippen LogP contribution >= 0.6 is 0 Å².